The molecule has 88 valence electrons. The molecule has 0 amide bonds. The number of ether oxygens (including phenoxy) is 1. The van der Waals surface area contributed by atoms with E-state index in [0.29, 0.717) is 11.4 Å². The zero-order valence-electron chi connectivity index (χ0n) is 9.39. The summed E-state index contributed by atoms with van der Waals surface area (Å²) >= 11 is 0. The number of aromatic hydroxyl groups is 1. The predicted octanol–water partition coefficient (Wildman–Crippen LogP) is 0.855. The lowest BCUT2D eigenvalue weighted by Crippen LogP contribution is -2.12. The van der Waals surface area contributed by atoms with E-state index in [0.717, 1.165) is 0 Å². The third kappa shape index (κ3) is 2.10. The first-order chi connectivity index (χ1) is 8.11. The number of aromatic amines is 1. The highest BCUT2D eigenvalue weighted by molar-refractivity contribution is 5.54. The van der Waals surface area contributed by atoms with Crippen LogP contribution in [0.2, 0.25) is 0 Å². The van der Waals surface area contributed by atoms with Gasteiger partial charge in [-0.15, -0.1) is 0 Å². The van der Waals surface area contributed by atoms with Crippen molar-refractivity contribution < 1.29 is 9.84 Å². The van der Waals surface area contributed by atoms with Crippen LogP contribution in [0, 0.1) is 6.92 Å². The van der Waals surface area contributed by atoms with Crippen LogP contribution >= 0.6 is 0 Å². The first-order valence-electron chi connectivity index (χ1n) is 4.92. The van der Waals surface area contributed by atoms with Gasteiger partial charge in [-0.3, -0.25) is 4.79 Å². The summed E-state index contributed by atoms with van der Waals surface area (Å²) in [5, 5.41) is 9.47. The van der Waals surface area contributed by atoms with Gasteiger partial charge in [0.25, 0.3) is 5.56 Å². The average molecular weight is 233 g/mol. The van der Waals surface area contributed by atoms with Crippen LogP contribution in [0.3, 0.4) is 0 Å². The van der Waals surface area contributed by atoms with E-state index in [1.165, 1.54) is 20.2 Å². The largest absolute Gasteiger partial charge is 0.493 e. The van der Waals surface area contributed by atoms with E-state index in [2.05, 4.69) is 15.0 Å². The van der Waals surface area contributed by atoms with Crippen molar-refractivity contribution >= 4 is 0 Å². The van der Waals surface area contributed by atoms with Crippen LogP contribution in [0.1, 0.15) is 5.56 Å². The number of hydrogen-bond acceptors (Lipinski definition) is 5. The lowest BCUT2D eigenvalue weighted by molar-refractivity contribution is 0.398. The molecule has 0 aliphatic heterocycles. The minimum atomic E-state index is -0.372. The van der Waals surface area contributed by atoms with Gasteiger partial charge in [0.2, 0.25) is 11.8 Å². The van der Waals surface area contributed by atoms with E-state index in [1.807, 2.05) is 0 Å². The zero-order chi connectivity index (χ0) is 12.4. The van der Waals surface area contributed by atoms with E-state index in [-0.39, 0.29) is 22.8 Å². The number of rotatable bonds is 2. The number of methoxy groups -OCH3 is 1. The Kier molecular flexibility index (Phi) is 2.78. The number of aromatic nitrogens is 3. The van der Waals surface area contributed by atoms with Crippen molar-refractivity contribution in [3.05, 3.63) is 34.2 Å². The number of pyridine rings is 1. The summed E-state index contributed by atoms with van der Waals surface area (Å²) in [5.41, 5.74) is 0.414. The summed E-state index contributed by atoms with van der Waals surface area (Å²) in [6.45, 7) is 1.50. The van der Waals surface area contributed by atoms with E-state index in [1.54, 1.807) is 12.1 Å². The Balaban J connectivity index is 2.49. The molecule has 0 bridgehead atoms. The van der Waals surface area contributed by atoms with Crippen LogP contribution in [-0.2, 0) is 0 Å². The average Bonchev–Trinajstić information content (AvgIpc) is 2.35. The summed E-state index contributed by atoms with van der Waals surface area (Å²) in [4.78, 5) is 21.9. The molecule has 0 fully saturated rings. The zero-order valence-corrected chi connectivity index (χ0v) is 9.39. The summed E-state index contributed by atoms with van der Waals surface area (Å²) in [6, 6.07) is 3.34. The molecule has 17 heavy (non-hydrogen) atoms. The van der Waals surface area contributed by atoms with Crippen LogP contribution in [0.15, 0.2) is 23.1 Å². The fraction of sp³-hybridized carbons (Fsp3) is 0.182. The molecule has 0 unspecified atom stereocenters. The highest BCUT2D eigenvalue weighted by atomic mass is 16.5. The van der Waals surface area contributed by atoms with Gasteiger partial charge in [0.1, 0.15) is 5.82 Å². The minimum Gasteiger partial charge on any atom is -0.493 e. The molecule has 0 aliphatic carbocycles. The highest BCUT2D eigenvalue weighted by Gasteiger charge is 2.08. The monoisotopic (exact) mass is 233 g/mol. The second-order valence-electron chi connectivity index (χ2n) is 3.45. The third-order valence-corrected chi connectivity index (χ3v) is 2.34. The summed E-state index contributed by atoms with van der Waals surface area (Å²) < 4.78 is 4.92. The molecule has 0 saturated heterocycles. The van der Waals surface area contributed by atoms with Crippen LogP contribution < -0.4 is 10.3 Å². The Bertz CT molecular complexity index is 590. The molecule has 2 aromatic heterocycles. The number of hydrogen-bond donors (Lipinski definition) is 2. The Morgan fingerprint density at radius 3 is 2.71 bits per heavy atom. The smallest absolute Gasteiger partial charge is 0.257 e. The Hall–Kier alpha value is -2.37. The van der Waals surface area contributed by atoms with Gasteiger partial charge in [-0.25, -0.2) is 4.98 Å². The molecule has 0 aromatic carbocycles. The van der Waals surface area contributed by atoms with Gasteiger partial charge in [0.15, 0.2) is 0 Å². The van der Waals surface area contributed by atoms with E-state index in [9.17, 15) is 9.90 Å². The van der Waals surface area contributed by atoms with Gasteiger partial charge in [0, 0.05) is 17.8 Å². The normalized spacial score (nSPS) is 10.2. The lowest BCUT2D eigenvalue weighted by Gasteiger charge is -2.03. The Morgan fingerprint density at radius 2 is 2.18 bits per heavy atom. The maximum Gasteiger partial charge on any atom is 0.257 e. The van der Waals surface area contributed by atoms with Gasteiger partial charge < -0.3 is 14.8 Å². The van der Waals surface area contributed by atoms with Gasteiger partial charge in [-0.05, 0) is 13.0 Å². The predicted molar refractivity (Wildman–Crippen MR) is 61.0 cm³/mol. The van der Waals surface area contributed by atoms with E-state index < -0.39 is 0 Å². The number of nitrogens with zero attached hydrogens (tertiary/aromatic N) is 2. The first-order valence-corrected chi connectivity index (χ1v) is 4.92. The lowest BCUT2D eigenvalue weighted by atomic mass is 10.2. The molecule has 6 heteroatoms. The van der Waals surface area contributed by atoms with Crippen molar-refractivity contribution in [1.82, 2.24) is 15.0 Å². The van der Waals surface area contributed by atoms with Crippen molar-refractivity contribution in [1.29, 1.82) is 0 Å². The third-order valence-electron chi connectivity index (χ3n) is 2.34. The van der Waals surface area contributed by atoms with Crippen molar-refractivity contribution in [3.8, 4) is 23.1 Å². The van der Waals surface area contributed by atoms with Crippen molar-refractivity contribution in [2.24, 2.45) is 0 Å². The molecule has 2 rings (SSSR count). The molecule has 6 nitrogen and oxygen atoms in total. The number of nitrogens with one attached hydrogen (secondary N) is 1. The topological polar surface area (TPSA) is 88.1 Å². The highest BCUT2D eigenvalue weighted by Crippen LogP contribution is 2.18. The quantitative estimate of drug-likeness (QED) is 0.803. The summed E-state index contributed by atoms with van der Waals surface area (Å²) in [6.07, 6.45) is 1.51. The van der Waals surface area contributed by atoms with Crippen LogP contribution in [0.5, 0.6) is 11.8 Å². The Labute approximate surface area is 96.9 Å². The number of H-pyrrole nitrogens is 1. The molecular weight excluding hydrogens is 222 g/mol. The molecule has 0 atom stereocenters. The van der Waals surface area contributed by atoms with Crippen molar-refractivity contribution in [3.63, 3.8) is 0 Å². The second kappa shape index (κ2) is 4.25. The maximum atomic E-state index is 11.5. The Morgan fingerprint density at radius 1 is 1.41 bits per heavy atom. The molecule has 0 aliphatic rings. The second-order valence-corrected chi connectivity index (χ2v) is 3.45. The van der Waals surface area contributed by atoms with E-state index in [4.69, 9.17) is 4.74 Å². The fourth-order valence-electron chi connectivity index (χ4n) is 1.30. The van der Waals surface area contributed by atoms with Crippen LogP contribution in [-0.4, -0.2) is 27.2 Å². The van der Waals surface area contributed by atoms with Gasteiger partial charge in [0.05, 0.1) is 12.7 Å². The molecule has 2 heterocycles. The van der Waals surface area contributed by atoms with Crippen LogP contribution in [0.4, 0.5) is 0 Å². The summed E-state index contributed by atoms with van der Waals surface area (Å²) in [5.74, 6) is 0.459. The molecule has 2 N–H and O–H groups in total. The van der Waals surface area contributed by atoms with Crippen molar-refractivity contribution in [2.75, 3.05) is 7.11 Å². The van der Waals surface area contributed by atoms with Gasteiger partial charge >= 0.3 is 0 Å². The van der Waals surface area contributed by atoms with Gasteiger partial charge in [-0.1, -0.05) is 0 Å². The van der Waals surface area contributed by atoms with Crippen molar-refractivity contribution in [2.45, 2.75) is 6.92 Å². The van der Waals surface area contributed by atoms with Gasteiger partial charge in [-0.2, -0.15) is 4.98 Å². The maximum absolute atomic E-state index is 11.5. The molecule has 0 spiro atoms. The molecular formula is C11H11N3O3. The SMILES string of the molecule is COc1ccc(-c2nc(O)c(C)c(=O)[nH]2)cn1. The first kappa shape index (κ1) is 11.1. The fourth-order valence-corrected chi connectivity index (χ4v) is 1.30. The standard InChI is InChI=1S/C11H11N3O3/c1-6-10(15)13-9(14-11(6)16)7-3-4-8(17-2)12-5-7/h3-5H,1-2H3,(H2,13,14,15,16). The minimum absolute atomic E-state index is 0.190. The summed E-state index contributed by atoms with van der Waals surface area (Å²) in [7, 11) is 1.51. The molecule has 0 radical (unpaired) electrons. The van der Waals surface area contributed by atoms with E-state index >= 15 is 0 Å². The molecule has 0 saturated carbocycles. The van der Waals surface area contributed by atoms with Crippen LogP contribution in [0.25, 0.3) is 11.4 Å². The molecule has 2 aromatic rings.